The van der Waals surface area contributed by atoms with Crippen LogP contribution in [0, 0.1) is 17.8 Å². The summed E-state index contributed by atoms with van der Waals surface area (Å²) in [4.78, 5) is 0. The Morgan fingerprint density at radius 2 is 1.89 bits per heavy atom. The maximum absolute atomic E-state index is 4.59. The number of rotatable bonds is 0. The van der Waals surface area contributed by atoms with Crippen molar-refractivity contribution in [3.8, 4) is 0 Å². The van der Waals surface area contributed by atoms with E-state index >= 15 is 0 Å². The smallest absolute Gasteiger partial charge is 0.00734 e. The van der Waals surface area contributed by atoms with Gasteiger partial charge in [-0.05, 0) is 37.0 Å². The molecule has 2 saturated carbocycles. The Kier molecular flexibility index (Phi) is 1.29. The summed E-state index contributed by atoms with van der Waals surface area (Å²) < 4.78 is 0. The van der Waals surface area contributed by atoms with Crippen LogP contribution in [0.15, 0.2) is 0 Å². The summed E-state index contributed by atoms with van der Waals surface area (Å²) in [5.41, 5.74) is 0. The first-order chi connectivity index (χ1) is 4.29. The van der Waals surface area contributed by atoms with Crippen LogP contribution in [0.25, 0.3) is 0 Å². The number of fused-ring (bicyclic) bond motifs is 2. The maximum atomic E-state index is 4.59. The van der Waals surface area contributed by atoms with Gasteiger partial charge in [-0.15, -0.1) is 0 Å². The van der Waals surface area contributed by atoms with Crippen LogP contribution < -0.4 is 0 Å². The second-order valence-corrected chi connectivity index (χ2v) is 4.28. The fraction of sp³-hybridized carbons (Fsp3) is 1.00. The molecule has 0 aromatic heterocycles. The molecule has 9 heavy (non-hydrogen) atoms. The van der Waals surface area contributed by atoms with E-state index in [0.717, 1.165) is 23.0 Å². The van der Waals surface area contributed by atoms with E-state index in [4.69, 9.17) is 0 Å². The Labute approximate surface area is 62.4 Å². The summed E-state index contributed by atoms with van der Waals surface area (Å²) in [5, 5.41) is 0.740. The van der Waals surface area contributed by atoms with E-state index in [1.165, 1.54) is 19.3 Å². The molecule has 4 unspecified atom stereocenters. The number of hydrogen-bond donors (Lipinski definition) is 1. The van der Waals surface area contributed by atoms with Crippen LogP contribution in [0.4, 0.5) is 0 Å². The molecule has 2 bridgehead atoms. The second kappa shape index (κ2) is 1.91. The van der Waals surface area contributed by atoms with Crippen molar-refractivity contribution in [2.75, 3.05) is 0 Å². The van der Waals surface area contributed by atoms with Crippen molar-refractivity contribution in [3.63, 3.8) is 0 Å². The van der Waals surface area contributed by atoms with E-state index in [-0.39, 0.29) is 0 Å². The first kappa shape index (κ1) is 6.09. The molecule has 0 heterocycles. The Morgan fingerprint density at radius 3 is 2.22 bits per heavy atom. The third-order valence-electron chi connectivity index (χ3n) is 3.28. The standard InChI is InChI=1S/C8H14S/c1-5-6-2-3-7(4-6)8(5)9/h5-9H,2-4H2,1H3. The van der Waals surface area contributed by atoms with Gasteiger partial charge in [-0.3, -0.25) is 0 Å². The van der Waals surface area contributed by atoms with Gasteiger partial charge in [0.15, 0.2) is 0 Å². The Balaban J connectivity index is 2.15. The average molecular weight is 142 g/mol. The van der Waals surface area contributed by atoms with Crippen molar-refractivity contribution in [2.45, 2.75) is 31.4 Å². The third kappa shape index (κ3) is 0.739. The normalized spacial score (nSPS) is 56.7. The van der Waals surface area contributed by atoms with Gasteiger partial charge >= 0.3 is 0 Å². The van der Waals surface area contributed by atoms with Crippen molar-refractivity contribution < 1.29 is 0 Å². The molecule has 2 aliphatic rings. The maximum Gasteiger partial charge on any atom is 0.00734 e. The van der Waals surface area contributed by atoms with Crippen LogP contribution in [0.2, 0.25) is 0 Å². The largest absolute Gasteiger partial charge is 0.175 e. The lowest BCUT2D eigenvalue weighted by Gasteiger charge is -2.23. The fourth-order valence-corrected chi connectivity index (χ4v) is 3.06. The van der Waals surface area contributed by atoms with E-state index in [2.05, 4.69) is 19.6 Å². The van der Waals surface area contributed by atoms with Gasteiger partial charge in [-0.25, -0.2) is 0 Å². The lowest BCUT2D eigenvalue weighted by Crippen LogP contribution is -2.19. The number of thiol groups is 1. The van der Waals surface area contributed by atoms with Gasteiger partial charge in [0.1, 0.15) is 0 Å². The molecule has 52 valence electrons. The topological polar surface area (TPSA) is 0 Å². The van der Waals surface area contributed by atoms with Gasteiger partial charge < -0.3 is 0 Å². The van der Waals surface area contributed by atoms with Gasteiger partial charge in [0.05, 0.1) is 0 Å². The average Bonchev–Trinajstić information content (AvgIpc) is 2.37. The van der Waals surface area contributed by atoms with Gasteiger partial charge in [-0.1, -0.05) is 6.92 Å². The molecule has 0 aromatic carbocycles. The van der Waals surface area contributed by atoms with Crippen molar-refractivity contribution in [1.82, 2.24) is 0 Å². The first-order valence-corrected chi connectivity index (χ1v) is 4.48. The molecule has 2 rings (SSSR count). The minimum atomic E-state index is 0.740. The zero-order chi connectivity index (χ0) is 6.43. The van der Waals surface area contributed by atoms with Crippen LogP contribution in [0.5, 0.6) is 0 Å². The van der Waals surface area contributed by atoms with Crippen molar-refractivity contribution >= 4 is 12.6 Å². The molecule has 0 spiro atoms. The zero-order valence-corrected chi connectivity index (χ0v) is 6.77. The summed E-state index contributed by atoms with van der Waals surface area (Å²) in [5.74, 6) is 2.93. The molecule has 0 saturated heterocycles. The minimum Gasteiger partial charge on any atom is -0.175 e. The van der Waals surface area contributed by atoms with Crippen molar-refractivity contribution in [1.29, 1.82) is 0 Å². The van der Waals surface area contributed by atoms with Gasteiger partial charge in [0.25, 0.3) is 0 Å². The third-order valence-corrected chi connectivity index (χ3v) is 4.17. The summed E-state index contributed by atoms with van der Waals surface area (Å²) in [6.45, 7) is 2.36. The number of hydrogen-bond acceptors (Lipinski definition) is 1. The van der Waals surface area contributed by atoms with Crippen molar-refractivity contribution in [3.05, 3.63) is 0 Å². The van der Waals surface area contributed by atoms with Gasteiger partial charge in [0.2, 0.25) is 0 Å². The Bertz CT molecular complexity index is 104. The highest BCUT2D eigenvalue weighted by Crippen LogP contribution is 2.50. The fourth-order valence-electron chi connectivity index (χ4n) is 2.55. The quantitative estimate of drug-likeness (QED) is 0.493. The second-order valence-electron chi connectivity index (χ2n) is 3.68. The predicted octanol–water partition coefficient (Wildman–Crippen LogP) is 2.35. The van der Waals surface area contributed by atoms with Crippen molar-refractivity contribution in [2.24, 2.45) is 17.8 Å². The van der Waals surface area contributed by atoms with E-state index in [1.807, 2.05) is 0 Å². The highest BCUT2D eigenvalue weighted by Gasteiger charge is 2.43. The predicted molar refractivity (Wildman–Crippen MR) is 42.8 cm³/mol. The van der Waals surface area contributed by atoms with E-state index in [9.17, 15) is 0 Å². The molecule has 0 nitrogen and oxygen atoms in total. The molecular weight excluding hydrogens is 128 g/mol. The molecule has 1 heteroatoms. The molecule has 0 radical (unpaired) electrons. The molecule has 2 aliphatic carbocycles. The Hall–Kier alpha value is 0.350. The molecule has 4 atom stereocenters. The zero-order valence-electron chi connectivity index (χ0n) is 5.88. The molecule has 0 N–H and O–H groups in total. The summed E-state index contributed by atoms with van der Waals surface area (Å²) in [7, 11) is 0. The summed E-state index contributed by atoms with van der Waals surface area (Å²) in [6.07, 6.45) is 4.43. The minimum absolute atomic E-state index is 0.740. The summed E-state index contributed by atoms with van der Waals surface area (Å²) in [6, 6.07) is 0. The van der Waals surface area contributed by atoms with Gasteiger partial charge in [0, 0.05) is 5.25 Å². The van der Waals surface area contributed by atoms with Crippen LogP contribution in [-0.2, 0) is 0 Å². The molecule has 2 fully saturated rings. The lowest BCUT2D eigenvalue weighted by atomic mass is 9.90. The highest BCUT2D eigenvalue weighted by atomic mass is 32.1. The molecular formula is C8H14S. The lowest BCUT2D eigenvalue weighted by molar-refractivity contribution is 0.372. The monoisotopic (exact) mass is 142 g/mol. The van der Waals surface area contributed by atoms with Crippen LogP contribution in [0.3, 0.4) is 0 Å². The van der Waals surface area contributed by atoms with E-state index < -0.39 is 0 Å². The van der Waals surface area contributed by atoms with E-state index in [1.54, 1.807) is 0 Å². The molecule has 0 amide bonds. The molecule has 0 aromatic rings. The SMILES string of the molecule is CC1C2CCC(C2)C1S. The van der Waals surface area contributed by atoms with Gasteiger partial charge in [-0.2, -0.15) is 12.6 Å². The van der Waals surface area contributed by atoms with Crippen LogP contribution in [-0.4, -0.2) is 5.25 Å². The van der Waals surface area contributed by atoms with Crippen LogP contribution >= 0.6 is 12.6 Å². The summed E-state index contributed by atoms with van der Waals surface area (Å²) >= 11 is 4.59. The molecule has 0 aliphatic heterocycles. The first-order valence-electron chi connectivity index (χ1n) is 3.97. The highest BCUT2D eigenvalue weighted by molar-refractivity contribution is 7.81. The van der Waals surface area contributed by atoms with E-state index in [0.29, 0.717) is 0 Å². The van der Waals surface area contributed by atoms with Crippen LogP contribution in [0.1, 0.15) is 26.2 Å². The Morgan fingerprint density at radius 1 is 1.22 bits per heavy atom.